The lowest BCUT2D eigenvalue weighted by molar-refractivity contribution is 0.528. The van der Waals surface area contributed by atoms with Gasteiger partial charge in [-0.1, -0.05) is 59.8 Å². The van der Waals surface area contributed by atoms with E-state index in [1.807, 2.05) is 49.4 Å². The standard InChI is InChI=1S/C21H21N5OS/c1-3-26-18(13-16-9-5-4-6-10-16)22-25-21(26)28-14-19-23-24-20(27-19)17-11-7-8-15(2)12-17/h4-12H,3,13-14H2,1-2H3. The highest BCUT2D eigenvalue weighted by Crippen LogP contribution is 2.25. The number of hydrogen-bond acceptors (Lipinski definition) is 6. The van der Waals surface area contributed by atoms with Crippen molar-refractivity contribution in [1.29, 1.82) is 0 Å². The molecule has 0 fully saturated rings. The molecule has 2 heterocycles. The lowest BCUT2D eigenvalue weighted by atomic mass is 10.1. The highest BCUT2D eigenvalue weighted by Gasteiger charge is 2.14. The lowest BCUT2D eigenvalue weighted by Crippen LogP contribution is -2.04. The third kappa shape index (κ3) is 4.14. The molecular formula is C21H21N5OS. The van der Waals surface area contributed by atoms with Crippen LogP contribution < -0.4 is 0 Å². The summed E-state index contributed by atoms with van der Waals surface area (Å²) in [6, 6.07) is 18.3. The summed E-state index contributed by atoms with van der Waals surface area (Å²) in [5, 5.41) is 18.0. The van der Waals surface area contributed by atoms with E-state index in [2.05, 4.69) is 44.0 Å². The predicted molar refractivity (Wildman–Crippen MR) is 109 cm³/mol. The van der Waals surface area contributed by atoms with Crippen molar-refractivity contribution in [2.24, 2.45) is 0 Å². The van der Waals surface area contributed by atoms with Gasteiger partial charge in [-0.2, -0.15) is 0 Å². The van der Waals surface area contributed by atoms with Gasteiger partial charge in [0.2, 0.25) is 11.8 Å². The highest BCUT2D eigenvalue weighted by molar-refractivity contribution is 7.98. The molecule has 0 N–H and O–H groups in total. The number of benzene rings is 2. The second-order valence-electron chi connectivity index (χ2n) is 6.46. The van der Waals surface area contributed by atoms with E-state index in [1.165, 1.54) is 5.56 Å². The summed E-state index contributed by atoms with van der Waals surface area (Å²) >= 11 is 1.56. The minimum atomic E-state index is 0.543. The van der Waals surface area contributed by atoms with Crippen LogP contribution in [0.4, 0.5) is 0 Å². The molecule has 6 nitrogen and oxygen atoms in total. The molecule has 0 unspecified atom stereocenters. The second-order valence-corrected chi connectivity index (χ2v) is 7.41. The van der Waals surface area contributed by atoms with Gasteiger partial charge >= 0.3 is 0 Å². The Kier molecular flexibility index (Phi) is 5.53. The van der Waals surface area contributed by atoms with Crippen molar-refractivity contribution in [3.63, 3.8) is 0 Å². The number of aromatic nitrogens is 5. The number of rotatable bonds is 7. The first-order valence-corrected chi connectivity index (χ1v) is 10.2. The molecule has 0 atom stereocenters. The van der Waals surface area contributed by atoms with Crippen molar-refractivity contribution in [1.82, 2.24) is 25.0 Å². The maximum Gasteiger partial charge on any atom is 0.247 e. The Morgan fingerprint density at radius 3 is 2.61 bits per heavy atom. The summed E-state index contributed by atoms with van der Waals surface area (Å²) in [4.78, 5) is 0. The highest BCUT2D eigenvalue weighted by atomic mass is 32.2. The fourth-order valence-electron chi connectivity index (χ4n) is 2.99. The van der Waals surface area contributed by atoms with E-state index in [4.69, 9.17) is 4.42 Å². The van der Waals surface area contributed by atoms with Gasteiger partial charge in [-0.25, -0.2) is 0 Å². The van der Waals surface area contributed by atoms with E-state index < -0.39 is 0 Å². The summed E-state index contributed by atoms with van der Waals surface area (Å²) in [7, 11) is 0. The third-order valence-electron chi connectivity index (χ3n) is 4.37. The van der Waals surface area contributed by atoms with Crippen LogP contribution in [-0.4, -0.2) is 25.0 Å². The van der Waals surface area contributed by atoms with E-state index in [0.717, 1.165) is 35.1 Å². The zero-order chi connectivity index (χ0) is 19.3. The van der Waals surface area contributed by atoms with E-state index in [-0.39, 0.29) is 0 Å². The van der Waals surface area contributed by atoms with Crippen LogP contribution >= 0.6 is 11.8 Å². The third-order valence-corrected chi connectivity index (χ3v) is 5.32. The van der Waals surface area contributed by atoms with E-state index >= 15 is 0 Å². The van der Waals surface area contributed by atoms with Crippen LogP contribution in [0.1, 0.15) is 29.8 Å². The Morgan fingerprint density at radius 2 is 1.82 bits per heavy atom. The van der Waals surface area contributed by atoms with Crippen molar-refractivity contribution in [2.75, 3.05) is 0 Å². The van der Waals surface area contributed by atoms with Gasteiger partial charge in [-0.3, -0.25) is 0 Å². The first kappa shape index (κ1) is 18.4. The van der Waals surface area contributed by atoms with Gasteiger partial charge in [-0.15, -0.1) is 20.4 Å². The number of aryl methyl sites for hydroxylation is 1. The maximum atomic E-state index is 5.82. The Labute approximate surface area is 168 Å². The molecule has 2 aromatic carbocycles. The molecule has 2 aromatic heterocycles. The first-order valence-electron chi connectivity index (χ1n) is 9.21. The van der Waals surface area contributed by atoms with Crippen LogP contribution in [0.15, 0.2) is 64.2 Å². The van der Waals surface area contributed by atoms with Crippen molar-refractivity contribution >= 4 is 11.8 Å². The monoisotopic (exact) mass is 391 g/mol. The van der Waals surface area contributed by atoms with Crippen LogP contribution in [-0.2, 0) is 18.7 Å². The molecule has 0 aliphatic carbocycles. The molecule has 7 heteroatoms. The average molecular weight is 392 g/mol. The molecule has 0 bridgehead atoms. The fraction of sp³-hybridized carbons (Fsp3) is 0.238. The lowest BCUT2D eigenvalue weighted by Gasteiger charge is -2.06. The Morgan fingerprint density at radius 1 is 0.964 bits per heavy atom. The fourth-order valence-corrected chi connectivity index (χ4v) is 3.84. The minimum Gasteiger partial charge on any atom is -0.420 e. The largest absolute Gasteiger partial charge is 0.420 e. The van der Waals surface area contributed by atoms with Crippen molar-refractivity contribution in [3.05, 3.63) is 77.4 Å². The minimum absolute atomic E-state index is 0.543. The summed E-state index contributed by atoms with van der Waals surface area (Å²) in [5.74, 6) is 2.64. The predicted octanol–water partition coefficient (Wildman–Crippen LogP) is 4.54. The molecule has 0 spiro atoms. The van der Waals surface area contributed by atoms with Crippen molar-refractivity contribution in [3.8, 4) is 11.5 Å². The van der Waals surface area contributed by atoms with Gasteiger partial charge in [0, 0.05) is 18.5 Å². The number of hydrogen-bond donors (Lipinski definition) is 0. The average Bonchev–Trinajstić information content (AvgIpc) is 3.34. The Hall–Kier alpha value is -2.93. The smallest absolute Gasteiger partial charge is 0.247 e. The van der Waals surface area contributed by atoms with Crippen LogP contribution in [0, 0.1) is 6.92 Å². The van der Waals surface area contributed by atoms with E-state index in [0.29, 0.717) is 17.5 Å². The molecule has 0 saturated heterocycles. The molecule has 0 radical (unpaired) electrons. The number of thioether (sulfide) groups is 1. The Bertz CT molecular complexity index is 1060. The van der Waals surface area contributed by atoms with E-state index in [1.54, 1.807) is 11.8 Å². The quantitative estimate of drug-likeness (QED) is 0.431. The topological polar surface area (TPSA) is 69.6 Å². The van der Waals surface area contributed by atoms with Gasteiger partial charge in [-0.05, 0) is 31.5 Å². The molecule has 0 saturated carbocycles. The summed E-state index contributed by atoms with van der Waals surface area (Å²) < 4.78 is 7.96. The van der Waals surface area contributed by atoms with Crippen LogP contribution in [0.3, 0.4) is 0 Å². The first-order chi connectivity index (χ1) is 13.7. The molecular weight excluding hydrogens is 370 g/mol. The second kappa shape index (κ2) is 8.39. The summed E-state index contributed by atoms with van der Waals surface area (Å²) in [5.41, 5.74) is 3.32. The Balaban J connectivity index is 1.45. The number of nitrogens with zero attached hydrogens (tertiary/aromatic N) is 5. The molecule has 0 aliphatic heterocycles. The van der Waals surface area contributed by atoms with Crippen LogP contribution in [0.2, 0.25) is 0 Å². The SMILES string of the molecule is CCn1c(Cc2ccccc2)nnc1SCc1nnc(-c2cccc(C)c2)o1. The van der Waals surface area contributed by atoms with Gasteiger partial charge < -0.3 is 8.98 Å². The summed E-state index contributed by atoms with van der Waals surface area (Å²) in [6.45, 7) is 4.96. The van der Waals surface area contributed by atoms with Gasteiger partial charge in [0.25, 0.3) is 0 Å². The molecule has 0 amide bonds. The van der Waals surface area contributed by atoms with Crippen molar-refractivity contribution in [2.45, 2.75) is 37.7 Å². The van der Waals surface area contributed by atoms with E-state index in [9.17, 15) is 0 Å². The summed E-state index contributed by atoms with van der Waals surface area (Å²) in [6.07, 6.45) is 0.764. The molecule has 28 heavy (non-hydrogen) atoms. The molecule has 4 rings (SSSR count). The molecule has 4 aromatic rings. The van der Waals surface area contributed by atoms with Crippen molar-refractivity contribution < 1.29 is 4.42 Å². The van der Waals surface area contributed by atoms with Crippen LogP contribution in [0.5, 0.6) is 0 Å². The molecule has 142 valence electrons. The zero-order valence-electron chi connectivity index (χ0n) is 15.9. The van der Waals surface area contributed by atoms with Gasteiger partial charge in [0.1, 0.15) is 5.82 Å². The maximum absolute atomic E-state index is 5.82. The zero-order valence-corrected chi connectivity index (χ0v) is 16.7. The van der Waals surface area contributed by atoms with Gasteiger partial charge in [0.15, 0.2) is 5.16 Å². The van der Waals surface area contributed by atoms with Gasteiger partial charge in [0.05, 0.1) is 5.75 Å². The normalized spacial score (nSPS) is 11.1. The molecule has 0 aliphatic rings. The van der Waals surface area contributed by atoms with Crippen LogP contribution in [0.25, 0.3) is 11.5 Å².